The van der Waals surface area contributed by atoms with Crippen LogP contribution in [0.5, 0.6) is 11.5 Å². The van der Waals surface area contributed by atoms with Gasteiger partial charge in [0.15, 0.2) is 0 Å². The Morgan fingerprint density at radius 3 is 1.26 bits per heavy atom. The standard InChI is InChI=1S/C125H87BN4O/c1-124(2,3)88-74-101(81-39-16-9-17-40-81)123(102(75-88)97-53-29-44-85-64-62-83-42-19-21-46-92(83)118(85)97)130-112-77-90(128-108-57-26-23-48-100(108)120-94(50-32-59-110(120)128)79-35-12-7-13-36-79)67-69-106(112)126-105-68-66-89(127-107-56-25-22-47-99(107)119-93(49-31-58-109(119)127)78-33-10-6-11-34-78)76-111(105)129(113-72-87(73-114(130)121(113)126)86-65-70-116-104(71-86)125(4,5)103-55-24-27-60-115(103)131-116)122-95(80-37-14-8-15-38-80)51-30-54-98(122)96-52-28-43-84-63-61-82-41-18-20-45-91(82)117(84)96/h6-77H,1-5H3/i22D,23D,25D,26D,31D,32D,47D,48D,49D,50D,56D,57D,58D,59D. The average molecular weight is 1690 g/mol. The van der Waals surface area contributed by atoms with Crippen molar-refractivity contribution in [3.63, 3.8) is 0 Å². The predicted octanol–water partition coefficient (Wildman–Crippen LogP) is 32.0. The molecule has 26 rings (SSSR count). The number of rotatable bonds is 11. The van der Waals surface area contributed by atoms with Crippen LogP contribution < -0.4 is 30.9 Å². The third kappa shape index (κ3) is 11.7. The van der Waals surface area contributed by atoms with Crippen LogP contribution in [0.2, 0.25) is 0 Å². The Hall–Kier alpha value is -16.3. The first-order chi connectivity index (χ1) is 70.2. The lowest BCUT2D eigenvalue weighted by atomic mass is 9.33. The maximum absolute atomic E-state index is 10.5. The minimum absolute atomic E-state index is 0.0323. The van der Waals surface area contributed by atoms with E-state index in [-0.39, 0.29) is 91.0 Å². The van der Waals surface area contributed by atoms with Crippen LogP contribution in [-0.2, 0) is 10.8 Å². The summed E-state index contributed by atoms with van der Waals surface area (Å²) in [6.07, 6.45) is 0. The number of para-hydroxylation sites is 4. The minimum Gasteiger partial charge on any atom is -0.457 e. The van der Waals surface area contributed by atoms with Crippen molar-refractivity contribution in [2.45, 2.75) is 45.4 Å². The summed E-state index contributed by atoms with van der Waals surface area (Å²) in [7, 11) is 0. The molecule has 0 N–H and O–H groups in total. The third-order valence-electron chi connectivity index (χ3n) is 27.6. The molecule has 0 saturated heterocycles. The topological polar surface area (TPSA) is 25.6 Å². The van der Waals surface area contributed by atoms with Crippen molar-refractivity contribution in [1.29, 1.82) is 0 Å². The van der Waals surface area contributed by atoms with Crippen molar-refractivity contribution < 1.29 is 23.9 Å². The van der Waals surface area contributed by atoms with Gasteiger partial charge in [0.1, 0.15) is 11.5 Å². The van der Waals surface area contributed by atoms with E-state index in [4.69, 9.17) is 4.74 Å². The van der Waals surface area contributed by atoms with E-state index in [0.29, 0.717) is 51.0 Å². The second kappa shape index (κ2) is 29.4. The molecule has 5 heterocycles. The molecule has 0 fully saturated rings. The fraction of sp³-hybridized carbons (Fsp3) is 0.0560. The van der Waals surface area contributed by atoms with Gasteiger partial charge in [-0.1, -0.05) is 380 Å². The van der Waals surface area contributed by atoms with Crippen LogP contribution in [-0.4, -0.2) is 15.8 Å². The Labute approximate surface area is 781 Å². The smallest absolute Gasteiger partial charge is 0.252 e. The number of aromatic nitrogens is 2. The first-order valence-electron chi connectivity index (χ1n) is 51.7. The van der Waals surface area contributed by atoms with Crippen molar-refractivity contribution in [3.05, 3.63) is 453 Å². The Kier molecular flexibility index (Phi) is 14.1. The zero-order chi connectivity index (χ0) is 99.2. The van der Waals surface area contributed by atoms with E-state index in [1.54, 1.807) is 9.13 Å². The minimum atomic E-state index is -0.852. The van der Waals surface area contributed by atoms with Crippen LogP contribution in [0.15, 0.2) is 436 Å². The molecule has 0 saturated carbocycles. The molecule has 6 heteroatoms. The number of anilines is 6. The summed E-state index contributed by atoms with van der Waals surface area (Å²) in [6.45, 7) is 10.4. The van der Waals surface area contributed by atoms with Crippen LogP contribution in [0.3, 0.4) is 0 Å². The molecule has 23 aromatic rings. The van der Waals surface area contributed by atoms with E-state index < -0.39 is 65.9 Å². The molecule has 5 nitrogen and oxygen atoms in total. The molecule has 616 valence electrons. The molecule has 0 spiro atoms. The summed E-state index contributed by atoms with van der Waals surface area (Å²) >= 11 is 0. The van der Waals surface area contributed by atoms with E-state index in [1.807, 2.05) is 97.1 Å². The van der Waals surface area contributed by atoms with E-state index >= 15 is 0 Å². The summed E-state index contributed by atoms with van der Waals surface area (Å²) in [4.78, 5) is 4.86. The highest BCUT2D eigenvalue weighted by molar-refractivity contribution is 7.00. The molecule has 2 aromatic heterocycles. The van der Waals surface area contributed by atoms with E-state index in [2.05, 4.69) is 299 Å². The second-order valence-electron chi connectivity index (χ2n) is 36.2. The summed E-state index contributed by atoms with van der Waals surface area (Å²) in [5.74, 6) is 1.45. The first kappa shape index (κ1) is 62.8. The van der Waals surface area contributed by atoms with Crippen molar-refractivity contribution in [3.8, 4) is 101 Å². The third-order valence-corrected chi connectivity index (χ3v) is 27.6. The van der Waals surface area contributed by atoms with Gasteiger partial charge in [0.2, 0.25) is 0 Å². The number of benzene rings is 21. The molecular formula is C125H87BN4O. The Morgan fingerprint density at radius 2 is 0.710 bits per heavy atom. The zero-order valence-corrected chi connectivity index (χ0v) is 72.3. The maximum Gasteiger partial charge on any atom is 0.252 e. The van der Waals surface area contributed by atoms with Crippen molar-refractivity contribution in [2.75, 3.05) is 9.80 Å². The summed E-state index contributed by atoms with van der Waals surface area (Å²) < 4.78 is 151. The Bertz CT molecular complexity index is 9640. The van der Waals surface area contributed by atoms with E-state index in [9.17, 15) is 19.2 Å². The molecule has 0 atom stereocenters. The SMILES string of the molecule is [2H]c1c([2H])c([2H])c2c(c1[2H])c1c(-c3ccccc3)c([2H])c([2H])c([2H])c1n2-c1ccc2c(c1)N(c1c(-c3ccccc3)cccc1-c1cccc3ccc4ccccc4c13)c1cc(-c3ccc4c(c3)C(C)(C)c3ccccc3O4)cc3c1B2c1ccc(-n2c4c([2H])c([2H])c([2H])c([2H])c4c4c(-c5ccccc5)c([2H])c([2H])c([2H])c42)cc1N3c1c(-c2ccccc2)cc(C(C)(C)C)cc1-c1cccc2ccc3ccccc3c12. The second-order valence-corrected chi connectivity index (χ2v) is 36.2. The van der Waals surface area contributed by atoms with Gasteiger partial charge in [0.25, 0.3) is 6.71 Å². The number of ether oxygens (including phenoxy) is 1. The van der Waals surface area contributed by atoms with Crippen LogP contribution in [0.25, 0.3) is 176 Å². The van der Waals surface area contributed by atoms with Gasteiger partial charge in [-0.2, -0.15) is 0 Å². The lowest BCUT2D eigenvalue weighted by molar-refractivity contribution is 0.418. The van der Waals surface area contributed by atoms with Crippen LogP contribution in [0.1, 0.15) is 70.5 Å². The molecular weight excluding hydrogens is 1580 g/mol. The lowest BCUT2D eigenvalue weighted by Gasteiger charge is -2.46. The van der Waals surface area contributed by atoms with Crippen LogP contribution in [0.4, 0.5) is 34.1 Å². The molecule has 0 unspecified atom stereocenters. The van der Waals surface area contributed by atoms with Gasteiger partial charge < -0.3 is 23.7 Å². The number of hydrogen-bond donors (Lipinski definition) is 0. The predicted molar refractivity (Wildman–Crippen MR) is 555 cm³/mol. The first-order valence-corrected chi connectivity index (χ1v) is 44.7. The van der Waals surface area contributed by atoms with Crippen LogP contribution >= 0.6 is 0 Å². The summed E-state index contributed by atoms with van der Waals surface area (Å²) in [6, 6.07) is 115. The van der Waals surface area contributed by atoms with E-state index in [0.717, 1.165) is 149 Å². The number of hydrogen-bond acceptors (Lipinski definition) is 3. The normalized spacial score (nSPS) is 14.6. The highest BCUT2D eigenvalue weighted by atomic mass is 16.5. The van der Waals surface area contributed by atoms with E-state index in [1.165, 1.54) is 0 Å². The molecule has 21 aromatic carbocycles. The molecule has 0 radical (unpaired) electrons. The highest BCUT2D eigenvalue weighted by Gasteiger charge is 2.47. The highest BCUT2D eigenvalue weighted by Crippen LogP contribution is 2.58. The quantitative estimate of drug-likeness (QED) is 0.0953. The fourth-order valence-electron chi connectivity index (χ4n) is 21.6. The monoisotopic (exact) mass is 1680 g/mol. The Balaban J connectivity index is 0.893. The molecule has 0 aliphatic carbocycles. The largest absolute Gasteiger partial charge is 0.457 e. The van der Waals surface area contributed by atoms with Crippen LogP contribution in [0, 0.1) is 0 Å². The van der Waals surface area contributed by atoms with Gasteiger partial charge in [0.05, 0.1) is 52.6 Å². The van der Waals surface area contributed by atoms with Gasteiger partial charge >= 0.3 is 0 Å². The Morgan fingerprint density at radius 1 is 0.282 bits per heavy atom. The summed E-state index contributed by atoms with van der Waals surface area (Å²) in [5.41, 5.74) is 19.3. The van der Waals surface area contributed by atoms with Crippen molar-refractivity contribution in [1.82, 2.24) is 9.13 Å². The molecule has 131 heavy (non-hydrogen) atoms. The van der Waals surface area contributed by atoms with Crippen molar-refractivity contribution in [2.24, 2.45) is 0 Å². The number of fused-ring (bicyclic) bond motifs is 18. The fourth-order valence-corrected chi connectivity index (χ4v) is 21.6. The zero-order valence-electron chi connectivity index (χ0n) is 86.3. The van der Waals surface area contributed by atoms with Gasteiger partial charge in [-0.05, 0) is 217 Å². The molecule has 3 aliphatic rings. The average Bonchev–Trinajstić information content (AvgIpc) is 1.37. The molecule has 3 aliphatic heterocycles. The van der Waals surface area contributed by atoms with Crippen molar-refractivity contribution >= 4 is 144 Å². The van der Waals surface area contributed by atoms with Gasteiger partial charge in [-0.15, -0.1) is 0 Å². The maximum atomic E-state index is 10.5. The number of nitrogens with zero attached hydrogens (tertiary/aromatic N) is 4. The van der Waals surface area contributed by atoms with Gasteiger partial charge in [-0.25, -0.2) is 0 Å². The van der Waals surface area contributed by atoms with Gasteiger partial charge in [-0.3, -0.25) is 0 Å². The molecule has 0 bridgehead atoms. The molecule has 0 amide bonds. The van der Waals surface area contributed by atoms with Gasteiger partial charge in [0, 0.05) is 94.5 Å². The lowest BCUT2D eigenvalue weighted by Crippen LogP contribution is -2.61. The summed E-state index contributed by atoms with van der Waals surface area (Å²) in [5, 5.41) is 8.73.